The highest BCUT2D eigenvalue weighted by Gasteiger charge is 2.29. The molecule has 0 spiro atoms. The Morgan fingerprint density at radius 2 is 2.27 bits per heavy atom. The molecule has 0 radical (unpaired) electrons. The van der Waals surface area contributed by atoms with E-state index in [1.165, 1.54) is 7.11 Å². The second-order valence-electron chi connectivity index (χ2n) is 3.02. The fourth-order valence-corrected chi connectivity index (χ4v) is 1.62. The Kier molecular flexibility index (Phi) is 2.88. The molecule has 1 aliphatic carbocycles. The van der Waals surface area contributed by atoms with Crippen LogP contribution in [0.15, 0.2) is 0 Å². The minimum Gasteiger partial charge on any atom is -0.469 e. The van der Waals surface area contributed by atoms with Crippen LogP contribution >= 0.6 is 0 Å². The SMILES string of the molecule is CN[C@@H]1CC[C@@H](C(=O)OC)C1. The van der Waals surface area contributed by atoms with Crippen molar-refractivity contribution in [3.05, 3.63) is 0 Å². The molecule has 0 aliphatic heterocycles. The minimum atomic E-state index is -0.0530. The van der Waals surface area contributed by atoms with Crippen molar-refractivity contribution < 1.29 is 9.53 Å². The second kappa shape index (κ2) is 3.72. The molecule has 0 aromatic rings. The van der Waals surface area contributed by atoms with Crippen molar-refractivity contribution in [2.24, 2.45) is 5.92 Å². The van der Waals surface area contributed by atoms with E-state index >= 15 is 0 Å². The summed E-state index contributed by atoms with van der Waals surface area (Å²) < 4.78 is 4.66. The fourth-order valence-electron chi connectivity index (χ4n) is 1.62. The van der Waals surface area contributed by atoms with Gasteiger partial charge in [0.15, 0.2) is 0 Å². The van der Waals surface area contributed by atoms with Gasteiger partial charge < -0.3 is 10.1 Å². The Bertz CT molecular complexity index is 147. The molecule has 0 heterocycles. The molecular formula is C8H15NO2. The van der Waals surface area contributed by atoms with Gasteiger partial charge in [0.1, 0.15) is 0 Å². The molecule has 1 saturated carbocycles. The van der Waals surface area contributed by atoms with Gasteiger partial charge in [-0.2, -0.15) is 0 Å². The minimum absolute atomic E-state index is 0.0530. The Hall–Kier alpha value is -0.570. The highest BCUT2D eigenvalue weighted by Crippen LogP contribution is 2.25. The predicted molar refractivity (Wildman–Crippen MR) is 42.2 cm³/mol. The highest BCUT2D eigenvalue weighted by atomic mass is 16.5. The van der Waals surface area contributed by atoms with Gasteiger partial charge >= 0.3 is 5.97 Å². The molecule has 1 rings (SSSR count). The van der Waals surface area contributed by atoms with Crippen LogP contribution in [-0.4, -0.2) is 26.2 Å². The van der Waals surface area contributed by atoms with Gasteiger partial charge in [-0.25, -0.2) is 0 Å². The molecule has 0 bridgehead atoms. The molecular weight excluding hydrogens is 142 g/mol. The van der Waals surface area contributed by atoms with E-state index in [1.54, 1.807) is 0 Å². The van der Waals surface area contributed by atoms with Crippen LogP contribution in [0.2, 0.25) is 0 Å². The van der Waals surface area contributed by atoms with Crippen LogP contribution in [0.1, 0.15) is 19.3 Å². The number of carbonyl (C=O) groups excluding carboxylic acids is 1. The summed E-state index contributed by atoms with van der Waals surface area (Å²) in [4.78, 5) is 11.0. The summed E-state index contributed by atoms with van der Waals surface area (Å²) in [5.41, 5.74) is 0. The van der Waals surface area contributed by atoms with Crippen molar-refractivity contribution in [3.63, 3.8) is 0 Å². The number of carbonyl (C=O) groups is 1. The van der Waals surface area contributed by atoms with Crippen LogP contribution in [0.3, 0.4) is 0 Å². The van der Waals surface area contributed by atoms with Gasteiger partial charge in [0.25, 0.3) is 0 Å². The summed E-state index contributed by atoms with van der Waals surface area (Å²) in [6, 6.07) is 0.513. The molecule has 3 nitrogen and oxygen atoms in total. The molecule has 2 atom stereocenters. The average Bonchev–Trinajstić information content (AvgIpc) is 2.50. The van der Waals surface area contributed by atoms with Crippen LogP contribution in [0.4, 0.5) is 0 Å². The largest absolute Gasteiger partial charge is 0.469 e. The summed E-state index contributed by atoms with van der Waals surface area (Å²) in [5.74, 6) is 0.0835. The maximum atomic E-state index is 11.0. The van der Waals surface area contributed by atoms with Gasteiger partial charge in [0.05, 0.1) is 13.0 Å². The summed E-state index contributed by atoms with van der Waals surface area (Å²) in [6.07, 6.45) is 3.00. The van der Waals surface area contributed by atoms with Crippen molar-refractivity contribution in [2.75, 3.05) is 14.2 Å². The molecule has 3 heteroatoms. The molecule has 1 N–H and O–H groups in total. The first kappa shape index (κ1) is 8.53. The van der Waals surface area contributed by atoms with Crippen LogP contribution in [0.5, 0.6) is 0 Å². The molecule has 0 aromatic carbocycles. The van der Waals surface area contributed by atoms with Crippen LogP contribution in [0, 0.1) is 5.92 Å². The van der Waals surface area contributed by atoms with E-state index in [9.17, 15) is 4.79 Å². The number of hydrogen-bond donors (Lipinski definition) is 1. The van der Waals surface area contributed by atoms with E-state index in [0.29, 0.717) is 6.04 Å². The Balaban J connectivity index is 2.35. The molecule has 64 valence electrons. The van der Waals surface area contributed by atoms with E-state index < -0.39 is 0 Å². The predicted octanol–water partition coefficient (Wildman–Crippen LogP) is 0.547. The van der Waals surface area contributed by atoms with Crippen molar-refractivity contribution >= 4 is 5.97 Å². The van der Waals surface area contributed by atoms with Gasteiger partial charge in [-0.05, 0) is 26.3 Å². The first-order chi connectivity index (χ1) is 5.27. The first-order valence-electron chi connectivity index (χ1n) is 4.03. The zero-order valence-electron chi connectivity index (χ0n) is 7.09. The van der Waals surface area contributed by atoms with E-state index in [1.807, 2.05) is 7.05 Å². The van der Waals surface area contributed by atoms with Crippen molar-refractivity contribution in [1.29, 1.82) is 0 Å². The first-order valence-corrected chi connectivity index (χ1v) is 4.03. The number of ether oxygens (including phenoxy) is 1. The van der Waals surface area contributed by atoms with Crippen LogP contribution in [0.25, 0.3) is 0 Å². The lowest BCUT2D eigenvalue weighted by atomic mass is 10.1. The van der Waals surface area contributed by atoms with E-state index in [0.717, 1.165) is 19.3 Å². The lowest BCUT2D eigenvalue weighted by Gasteiger charge is -2.07. The van der Waals surface area contributed by atoms with Gasteiger partial charge in [-0.1, -0.05) is 0 Å². The number of rotatable bonds is 2. The Labute approximate surface area is 67.1 Å². The molecule has 0 saturated heterocycles. The maximum absolute atomic E-state index is 11.0. The summed E-state index contributed by atoms with van der Waals surface area (Å²) in [6.45, 7) is 0. The van der Waals surface area contributed by atoms with E-state index in [-0.39, 0.29) is 11.9 Å². The van der Waals surface area contributed by atoms with Crippen molar-refractivity contribution in [1.82, 2.24) is 5.32 Å². The molecule has 0 aromatic heterocycles. The monoisotopic (exact) mass is 157 g/mol. The number of methoxy groups -OCH3 is 1. The highest BCUT2D eigenvalue weighted by molar-refractivity contribution is 5.72. The number of esters is 1. The smallest absolute Gasteiger partial charge is 0.308 e. The van der Waals surface area contributed by atoms with E-state index in [2.05, 4.69) is 10.1 Å². The topological polar surface area (TPSA) is 38.3 Å². The van der Waals surface area contributed by atoms with Gasteiger partial charge in [-0.3, -0.25) is 4.79 Å². The third-order valence-electron chi connectivity index (χ3n) is 2.38. The lowest BCUT2D eigenvalue weighted by Crippen LogP contribution is -2.23. The summed E-state index contributed by atoms with van der Waals surface area (Å²) in [7, 11) is 3.39. The molecule has 1 fully saturated rings. The van der Waals surface area contributed by atoms with Crippen LogP contribution in [-0.2, 0) is 9.53 Å². The van der Waals surface area contributed by atoms with Gasteiger partial charge in [0, 0.05) is 6.04 Å². The Morgan fingerprint density at radius 3 is 2.73 bits per heavy atom. The Morgan fingerprint density at radius 1 is 1.55 bits per heavy atom. The normalized spacial score (nSPS) is 30.4. The van der Waals surface area contributed by atoms with Crippen molar-refractivity contribution in [3.8, 4) is 0 Å². The molecule has 0 unspecified atom stereocenters. The maximum Gasteiger partial charge on any atom is 0.308 e. The zero-order valence-corrected chi connectivity index (χ0v) is 7.09. The fraction of sp³-hybridized carbons (Fsp3) is 0.875. The van der Waals surface area contributed by atoms with E-state index in [4.69, 9.17) is 0 Å². The summed E-state index contributed by atoms with van der Waals surface area (Å²) in [5, 5.41) is 3.17. The second-order valence-corrected chi connectivity index (χ2v) is 3.02. The lowest BCUT2D eigenvalue weighted by molar-refractivity contribution is -0.145. The number of nitrogens with one attached hydrogen (secondary N) is 1. The van der Waals surface area contributed by atoms with Gasteiger partial charge in [-0.15, -0.1) is 0 Å². The van der Waals surface area contributed by atoms with Gasteiger partial charge in [0.2, 0.25) is 0 Å². The molecule has 1 aliphatic rings. The summed E-state index contributed by atoms with van der Waals surface area (Å²) >= 11 is 0. The zero-order chi connectivity index (χ0) is 8.27. The quantitative estimate of drug-likeness (QED) is 0.595. The average molecular weight is 157 g/mol. The third kappa shape index (κ3) is 1.93. The van der Waals surface area contributed by atoms with Crippen LogP contribution < -0.4 is 5.32 Å². The number of hydrogen-bond acceptors (Lipinski definition) is 3. The molecule has 11 heavy (non-hydrogen) atoms. The molecule has 0 amide bonds. The standard InChI is InChI=1S/C8H15NO2/c1-9-7-4-3-6(5-7)8(10)11-2/h6-7,9H,3-5H2,1-2H3/t6-,7-/m1/s1. The van der Waals surface area contributed by atoms with Crippen molar-refractivity contribution in [2.45, 2.75) is 25.3 Å². The third-order valence-corrected chi connectivity index (χ3v) is 2.38.